The number of guanidine groups is 1. The minimum absolute atomic E-state index is 0.0211. The molecule has 8 nitrogen and oxygen atoms in total. The van der Waals surface area contributed by atoms with Crippen LogP contribution in [0.2, 0.25) is 0 Å². The summed E-state index contributed by atoms with van der Waals surface area (Å²) in [4.78, 5) is 20.5. The van der Waals surface area contributed by atoms with Crippen LogP contribution in [0.25, 0.3) is 0 Å². The van der Waals surface area contributed by atoms with Crippen LogP contribution in [0, 0.1) is 0 Å². The number of methoxy groups -OCH3 is 1. The number of likely N-dealkylation sites (N-methyl/N-ethyl adjacent to an activating group) is 1. The third-order valence-corrected chi connectivity index (χ3v) is 6.39. The molecule has 3 rings (SSSR count). The number of pyridine rings is 1. The maximum absolute atomic E-state index is 5.35. The van der Waals surface area contributed by atoms with Crippen molar-refractivity contribution in [3.63, 3.8) is 0 Å². The molecular weight excluding hydrogens is 398 g/mol. The van der Waals surface area contributed by atoms with E-state index < -0.39 is 0 Å². The molecule has 1 saturated heterocycles. The van der Waals surface area contributed by atoms with Crippen molar-refractivity contribution in [1.82, 2.24) is 25.1 Å². The van der Waals surface area contributed by atoms with E-state index in [0.717, 1.165) is 54.2 Å². The van der Waals surface area contributed by atoms with Crippen LogP contribution >= 0.6 is 11.3 Å². The Balaban J connectivity index is 1.51. The summed E-state index contributed by atoms with van der Waals surface area (Å²) in [5, 5.41) is 6.49. The van der Waals surface area contributed by atoms with Crippen LogP contribution in [-0.4, -0.2) is 80.2 Å². The number of nitrogens with zero attached hydrogens (tertiary/aromatic N) is 6. The van der Waals surface area contributed by atoms with E-state index in [1.807, 2.05) is 20.2 Å². The van der Waals surface area contributed by atoms with Gasteiger partial charge in [-0.05, 0) is 25.6 Å². The van der Waals surface area contributed by atoms with Gasteiger partial charge in [0.15, 0.2) is 5.96 Å². The molecule has 1 N–H and O–H groups in total. The first kappa shape index (κ1) is 22.5. The van der Waals surface area contributed by atoms with Gasteiger partial charge >= 0.3 is 0 Å². The van der Waals surface area contributed by atoms with Crippen molar-refractivity contribution in [2.75, 3.05) is 59.3 Å². The van der Waals surface area contributed by atoms with E-state index in [9.17, 15) is 0 Å². The van der Waals surface area contributed by atoms with Gasteiger partial charge in [-0.25, -0.2) is 9.97 Å². The number of rotatable bonds is 7. The lowest BCUT2D eigenvalue weighted by atomic mass is 10.2. The fourth-order valence-electron chi connectivity index (χ4n) is 3.31. The topological polar surface area (TPSA) is 69.1 Å². The molecule has 0 aromatic carbocycles. The van der Waals surface area contributed by atoms with Gasteiger partial charge in [-0.15, -0.1) is 11.3 Å². The second kappa shape index (κ2) is 10.7. The number of anilines is 1. The summed E-state index contributed by atoms with van der Waals surface area (Å²) in [7, 11) is 7.68. The summed E-state index contributed by atoms with van der Waals surface area (Å²) in [5.74, 6) is 1.88. The first-order chi connectivity index (χ1) is 14.5. The number of hydrogen-bond acceptors (Lipinski definition) is 7. The second-order valence-electron chi connectivity index (χ2n) is 7.63. The molecule has 3 heterocycles. The molecule has 1 aliphatic rings. The van der Waals surface area contributed by atoms with Crippen LogP contribution in [0.5, 0.6) is 0 Å². The summed E-state index contributed by atoms with van der Waals surface area (Å²) < 4.78 is 5.35. The van der Waals surface area contributed by atoms with Crippen LogP contribution in [0.4, 0.5) is 5.82 Å². The van der Waals surface area contributed by atoms with Gasteiger partial charge in [0.2, 0.25) is 0 Å². The average Bonchev–Trinajstić information content (AvgIpc) is 3.23. The molecule has 30 heavy (non-hydrogen) atoms. The molecule has 0 radical (unpaired) electrons. The summed E-state index contributed by atoms with van der Waals surface area (Å²) in [6, 6.07) is 4.25. The number of thiazole rings is 1. The lowest BCUT2D eigenvalue weighted by Crippen LogP contribution is -2.44. The molecule has 2 aromatic heterocycles. The predicted octanol–water partition coefficient (Wildman–Crippen LogP) is 2.20. The lowest BCUT2D eigenvalue weighted by Gasteiger charge is -2.33. The fourth-order valence-corrected chi connectivity index (χ4v) is 4.15. The zero-order valence-electron chi connectivity index (χ0n) is 18.6. The Hall–Kier alpha value is -2.23. The van der Waals surface area contributed by atoms with Crippen molar-refractivity contribution in [2.24, 2.45) is 4.99 Å². The number of piperazine rings is 1. The van der Waals surface area contributed by atoms with E-state index in [0.29, 0.717) is 13.1 Å². The number of ether oxygens (including phenoxy) is 1. The zero-order chi connectivity index (χ0) is 21.5. The van der Waals surface area contributed by atoms with Crippen LogP contribution < -0.4 is 10.2 Å². The largest absolute Gasteiger partial charge is 0.375 e. The van der Waals surface area contributed by atoms with Gasteiger partial charge in [0, 0.05) is 65.5 Å². The first-order valence-electron chi connectivity index (χ1n) is 10.3. The molecular formula is C21H33N7OS. The van der Waals surface area contributed by atoms with E-state index in [1.165, 1.54) is 0 Å². The molecule has 0 aliphatic carbocycles. The van der Waals surface area contributed by atoms with Crippen LogP contribution in [0.1, 0.15) is 29.3 Å². The van der Waals surface area contributed by atoms with Gasteiger partial charge in [-0.3, -0.25) is 4.99 Å². The van der Waals surface area contributed by atoms with E-state index >= 15 is 0 Å². The van der Waals surface area contributed by atoms with Gasteiger partial charge in [-0.2, -0.15) is 0 Å². The summed E-state index contributed by atoms with van der Waals surface area (Å²) in [5.41, 5.74) is 2.15. The third kappa shape index (κ3) is 5.90. The Kier molecular flexibility index (Phi) is 8.01. The molecule has 2 aromatic rings. The lowest BCUT2D eigenvalue weighted by molar-refractivity contribution is 0.119. The molecule has 9 heteroatoms. The van der Waals surface area contributed by atoms with E-state index in [4.69, 9.17) is 4.74 Å². The minimum Gasteiger partial charge on any atom is -0.375 e. The van der Waals surface area contributed by atoms with E-state index in [2.05, 4.69) is 59.5 Å². The molecule has 164 valence electrons. The highest BCUT2D eigenvalue weighted by Crippen LogP contribution is 2.21. The number of aromatic nitrogens is 2. The van der Waals surface area contributed by atoms with Gasteiger partial charge in [0.25, 0.3) is 0 Å². The van der Waals surface area contributed by atoms with Crippen molar-refractivity contribution >= 4 is 23.1 Å². The summed E-state index contributed by atoms with van der Waals surface area (Å²) in [6.45, 7) is 7.59. The maximum Gasteiger partial charge on any atom is 0.194 e. The maximum atomic E-state index is 5.35. The minimum atomic E-state index is 0.0211. The summed E-state index contributed by atoms with van der Waals surface area (Å²) >= 11 is 1.63. The third-order valence-electron chi connectivity index (χ3n) is 5.33. The molecule has 0 bridgehead atoms. The van der Waals surface area contributed by atoms with Crippen molar-refractivity contribution in [3.8, 4) is 0 Å². The summed E-state index contributed by atoms with van der Waals surface area (Å²) in [6.07, 6.45) is 1.97. The SMILES string of the molecule is CN=C(NCc1ccc(N2CCN(C)CC2)nc1)N(C)Cc1csc(C(C)OC)n1. The molecule has 1 atom stereocenters. The standard InChI is InChI=1S/C21H33N7OS/c1-16(29-5)20-25-18(15-30-20)14-27(4)21(22-2)24-13-17-6-7-19(23-12-17)28-10-8-26(3)9-11-28/h6-7,12,15-16H,8-11,13-14H2,1-5H3,(H,22,24). The van der Waals surface area contributed by atoms with Crippen molar-refractivity contribution < 1.29 is 4.74 Å². The highest BCUT2D eigenvalue weighted by atomic mass is 32.1. The molecule has 0 saturated carbocycles. The number of nitrogens with one attached hydrogen (secondary N) is 1. The van der Waals surface area contributed by atoms with Crippen molar-refractivity contribution in [3.05, 3.63) is 40.0 Å². The van der Waals surface area contributed by atoms with Gasteiger partial charge < -0.3 is 24.8 Å². The van der Waals surface area contributed by atoms with Crippen LogP contribution in [0.15, 0.2) is 28.7 Å². The Morgan fingerprint density at radius 2 is 2.10 bits per heavy atom. The zero-order valence-corrected chi connectivity index (χ0v) is 19.4. The molecule has 1 aliphatic heterocycles. The van der Waals surface area contributed by atoms with E-state index in [1.54, 1.807) is 25.5 Å². The fraction of sp³-hybridized carbons (Fsp3) is 0.571. The molecule has 0 amide bonds. The Bertz CT molecular complexity index is 815. The Morgan fingerprint density at radius 1 is 1.33 bits per heavy atom. The van der Waals surface area contributed by atoms with Gasteiger partial charge in [-0.1, -0.05) is 6.07 Å². The van der Waals surface area contributed by atoms with Crippen molar-refractivity contribution in [2.45, 2.75) is 26.1 Å². The Labute approximate surface area is 183 Å². The van der Waals surface area contributed by atoms with Crippen LogP contribution in [-0.2, 0) is 17.8 Å². The van der Waals surface area contributed by atoms with Crippen molar-refractivity contribution in [1.29, 1.82) is 0 Å². The van der Waals surface area contributed by atoms with Gasteiger partial charge in [0.05, 0.1) is 12.2 Å². The highest BCUT2D eigenvalue weighted by Gasteiger charge is 2.15. The first-order valence-corrected chi connectivity index (χ1v) is 11.2. The van der Waals surface area contributed by atoms with E-state index in [-0.39, 0.29) is 6.10 Å². The average molecular weight is 432 g/mol. The molecule has 1 unspecified atom stereocenters. The van der Waals surface area contributed by atoms with Crippen LogP contribution in [0.3, 0.4) is 0 Å². The smallest absolute Gasteiger partial charge is 0.194 e. The monoisotopic (exact) mass is 431 g/mol. The highest BCUT2D eigenvalue weighted by molar-refractivity contribution is 7.09. The quantitative estimate of drug-likeness (QED) is 0.532. The number of hydrogen-bond donors (Lipinski definition) is 1. The van der Waals surface area contributed by atoms with Gasteiger partial charge in [0.1, 0.15) is 16.9 Å². The Morgan fingerprint density at radius 3 is 2.73 bits per heavy atom. The molecule has 1 fully saturated rings. The normalized spacial score (nSPS) is 16.6. The molecule has 0 spiro atoms. The number of aliphatic imine (C=N–C) groups is 1. The second-order valence-corrected chi connectivity index (χ2v) is 8.52. The predicted molar refractivity (Wildman–Crippen MR) is 123 cm³/mol.